The second-order valence-corrected chi connectivity index (χ2v) is 7.83. The lowest BCUT2D eigenvalue weighted by Crippen LogP contribution is -2.23. The summed E-state index contributed by atoms with van der Waals surface area (Å²) in [5.41, 5.74) is 3.98. The highest BCUT2D eigenvalue weighted by molar-refractivity contribution is 6.31. The number of ether oxygens (including phenoxy) is 1. The molecule has 2 heterocycles. The van der Waals surface area contributed by atoms with Crippen LogP contribution in [0.15, 0.2) is 71.4 Å². The van der Waals surface area contributed by atoms with E-state index in [1.54, 1.807) is 6.26 Å². The van der Waals surface area contributed by atoms with Crippen LogP contribution in [0.25, 0.3) is 10.9 Å². The lowest BCUT2D eigenvalue weighted by molar-refractivity contribution is 0.233. The number of fused-ring (bicyclic) bond motifs is 1. The van der Waals surface area contributed by atoms with Gasteiger partial charge in [0.05, 0.1) is 18.2 Å². The predicted octanol–water partition coefficient (Wildman–Crippen LogP) is 5.69. The molecule has 5 nitrogen and oxygen atoms in total. The Kier molecular flexibility index (Phi) is 6.31. The number of hydrogen-bond acceptors (Lipinski definition) is 5. The number of benzene rings is 2. The van der Waals surface area contributed by atoms with E-state index in [1.807, 2.05) is 42.5 Å². The van der Waals surface area contributed by atoms with E-state index in [4.69, 9.17) is 25.8 Å². The first-order chi connectivity index (χ1) is 14.6. The summed E-state index contributed by atoms with van der Waals surface area (Å²) in [5, 5.41) is 5.76. The Morgan fingerprint density at radius 2 is 1.93 bits per heavy atom. The second kappa shape index (κ2) is 9.28. The van der Waals surface area contributed by atoms with Gasteiger partial charge in [0, 0.05) is 35.0 Å². The number of aromatic nitrogens is 2. The van der Waals surface area contributed by atoms with Crippen LogP contribution in [0.1, 0.15) is 29.8 Å². The molecule has 1 unspecified atom stereocenters. The summed E-state index contributed by atoms with van der Waals surface area (Å²) < 4.78 is 11.1. The summed E-state index contributed by atoms with van der Waals surface area (Å²) in [5.74, 6) is 0.639. The van der Waals surface area contributed by atoms with Crippen LogP contribution < -0.4 is 4.74 Å². The Morgan fingerprint density at radius 1 is 1.10 bits per heavy atom. The molecule has 0 spiro atoms. The van der Waals surface area contributed by atoms with Crippen LogP contribution in [0, 0.1) is 0 Å². The number of rotatable bonds is 8. The third kappa shape index (κ3) is 4.81. The van der Waals surface area contributed by atoms with Crippen LogP contribution in [0.2, 0.25) is 5.02 Å². The van der Waals surface area contributed by atoms with Gasteiger partial charge in [-0.15, -0.1) is 0 Å². The molecule has 4 rings (SSSR count). The first-order valence-electron chi connectivity index (χ1n) is 9.96. The fourth-order valence-corrected chi connectivity index (χ4v) is 3.55. The molecular formula is C24H24ClN3O2. The van der Waals surface area contributed by atoms with Crippen molar-refractivity contribution in [3.63, 3.8) is 0 Å². The van der Waals surface area contributed by atoms with Gasteiger partial charge in [0.25, 0.3) is 0 Å². The van der Waals surface area contributed by atoms with Crippen LogP contribution in [0.3, 0.4) is 0 Å². The van der Waals surface area contributed by atoms with Crippen molar-refractivity contribution in [3.05, 3.63) is 88.8 Å². The first-order valence-corrected chi connectivity index (χ1v) is 10.3. The van der Waals surface area contributed by atoms with Gasteiger partial charge < -0.3 is 9.26 Å². The molecule has 0 N–H and O–H groups in total. The summed E-state index contributed by atoms with van der Waals surface area (Å²) in [4.78, 5) is 6.97. The van der Waals surface area contributed by atoms with E-state index in [0.29, 0.717) is 24.1 Å². The molecule has 0 radical (unpaired) electrons. The van der Waals surface area contributed by atoms with Crippen molar-refractivity contribution < 1.29 is 9.26 Å². The maximum Gasteiger partial charge on any atom is 0.218 e. The van der Waals surface area contributed by atoms with Crippen molar-refractivity contribution in [2.75, 3.05) is 13.7 Å². The molecule has 0 saturated carbocycles. The predicted molar refractivity (Wildman–Crippen MR) is 119 cm³/mol. The minimum atomic E-state index is 0.0989. The number of hydrogen-bond donors (Lipinski definition) is 0. The maximum atomic E-state index is 6.17. The summed E-state index contributed by atoms with van der Waals surface area (Å²) >= 11 is 6.17. The molecule has 154 valence electrons. The summed E-state index contributed by atoms with van der Waals surface area (Å²) in [7, 11) is 2.05. The van der Waals surface area contributed by atoms with Gasteiger partial charge in [-0.05, 0) is 37.7 Å². The van der Waals surface area contributed by atoms with E-state index in [2.05, 4.69) is 42.2 Å². The van der Waals surface area contributed by atoms with Crippen LogP contribution >= 0.6 is 11.6 Å². The Bertz CT molecular complexity index is 1100. The van der Waals surface area contributed by atoms with E-state index < -0.39 is 0 Å². The number of pyridine rings is 1. The molecule has 0 aliphatic rings. The Morgan fingerprint density at radius 3 is 2.70 bits per heavy atom. The van der Waals surface area contributed by atoms with Gasteiger partial charge in [0.15, 0.2) is 0 Å². The van der Waals surface area contributed by atoms with E-state index in [1.165, 1.54) is 5.56 Å². The minimum Gasteiger partial charge on any atom is -0.477 e. The molecule has 6 heteroatoms. The molecular weight excluding hydrogens is 398 g/mol. The molecule has 1 atom stereocenters. The zero-order chi connectivity index (χ0) is 20.9. The molecule has 2 aromatic carbocycles. The van der Waals surface area contributed by atoms with Crippen molar-refractivity contribution in [2.45, 2.75) is 25.9 Å². The van der Waals surface area contributed by atoms with Crippen LogP contribution in [-0.4, -0.2) is 28.7 Å². The Labute approximate surface area is 181 Å². The quantitative estimate of drug-likeness (QED) is 0.365. The minimum absolute atomic E-state index is 0.0989. The van der Waals surface area contributed by atoms with E-state index in [-0.39, 0.29) is 6.04 Å². The van der Waals surface area contributed by atoms with Gasteiger partial charge in [-0.3, -0.25) is 4.90 Å². The molecule has 0 fully saturated rings. The Hall–Kier alpha value is -2.89. The second-order valence-electron chi connectivity index (χ2n) is 7.39. The smallest absolute Gasteiger partial charge is 0.218 e. The van der Waals surface area contributed by atoms with Crippen molar-refractivity contribution in [1.29, 1.82) is 0 Å². The van der Waals surface area contributed by atoms with Crippen molar-refractivity contribution in [1.82, 2.24) is 15.0 Å². The zero-order valence-electron chi connectivity index (χ0n) is 17.1. The fraction of sp³-hybridized carbons (Fsp3) is 0.250. The van der Waals surface area contributed by atoms with Gasteiger partial charge in [-0.25, -0.2) is 4.98 Å². The lowest BCUT2D eigenvalue weighted by Gasteiger charge is -2.24. The van der Waals surface area contributed by atoms with E-state index in [0.717, 1.165) is 28.6 Å². The topological polar surface area (TPSA) is 51.4 Å². The molecule has 0 aliphatic carbocycles. The van der Waals surface area contributed by atoms with Crippen LogP contribution in [0.5, 0.6) is 5.88 Å². The fourth-order valence-electron chi connectivity index (χ4n) is 3.38. The van der Waals surface area contributed by atoms with Crippen LogP contribution in [-0.2, 0) is 13.0 Å². The van der Waals surface area contributed by atoms with Gasteiger partial charge in [0.1, 0.15) is 12.0 Å². The molecule has 0 aliphatic heterocycles. The standard InChI is InChI=1S/C24H24ClN3O2/c1-17(22-11-13-30-27-22)28(2)16-20-14-19-8-9-21(25)15-23(19)26-24(20)29-12-10-18-6-4-3-5-7-18/h3-9,11,13-15,17H,10,12,16H2,1-2H3. The first kappa shape index (κ1) is 20.4. The molecule has 0 saturated heterocycles. The molecule has 4 aromatic rings. The van der Waals surface area contributed by atoms with Crippen molar-refractivity contribution in [2.24, 2.45) is 0 Å². The normalized spacial score (nSPS) is 12.4. The third-order valence-corrected chi connectivity index (χ3v) is 5.49. The highest BCUT2D eigenvalue weighted by Gasteiger charge is 2.18. The van der Waals surface area contributed by atoms with Crippen molar-refractivity contribution in [3.8, 4) is 5.88 Å². The van der Waals surface area contributed by atoms with Gasteiger partial charge in [0.2, 0.25) is 5.88 Å². The zero-order valence-corrected chi connectivity index (χ0v) is 17.8. The molecule has 0 bridgehead atoms. The molecule has 30 heavy (non-hydrogen) atoms. The summed E-state index contributed by atoms with van der Waals surface area (Å²) in [6.45, 7) is 3.32. The molecule has 2 aromatic heterocycles. The number of nitrogens with zero attached hydrogens (tertiary/aromatic N) is 3. The largest absolute Gasteiger partial charge is 0.477 e. The average molecular weight is 422 g/mol. The van der Waals surface area contributed by atoms with Gasteiger partial charge in [-0.2, -0.15) is 0 Å². The number of halogens is 1. The third-order valence-electron chi connectivity index (χ3n) is 5.26. The maximum absolute atomic E-state index is 6.17. The highest BCUT2D eigenvalue weighted by atomic mass is 35.5. The average Bonchev–Trinajstić information content (AvgIpc) is 3.29. The summed E-state index contributed by atoms with van der Waals surface area (Å²) in [6.07, 6.45) is 2.42. The van der Waals surface area contributed by atoms with E-state index >= 15 is 0 Å². The van der Waals surface area contributed by atoms with E-state index in [9.17, 15) is 0 Å². The Balaban J connectivity index is 1.57. The SMILES string of the molecule is CC(c1ccon1)N(C)Cc1cc2ccc(Cl)cc2nc1OCCc1ccccc1. The van der Waals surface area contributed by atoms with Gasteiger partial charge in [-0.1, -0.05) is 53.2 Å². The lowest BCUT2D eigenvalue weighted by atomic mass is 10.1. The van der Waals surface area contributed by atoms with Crippen LogP contribution in [0.4, 0.5) is 0 Å². The monoisotopic (exact) mass is 421 g/mol. The van der Waals surface area contributed by atoms with Crippen molar-refractivity contribution >= 4 is 22.5 Å². The van der Waals surface area contributed by atoms with Gasteiger partial charge >= 0.3 is 0 Å². The summed E-state index contributed by atoms with van der Waals surface area (Å²) in [6, 6.07) is 20.2. The highest BCUT2D eigenvalue weighted by Crippen LogP contribution is 2.28. The molecule has 0 amide bonds.